The molecule has 0 aromatic carbocycles. The van der Waals surface area contributed by atoms with Crippen molar-refractivity contribution in [2.45, 2.75) is 34.6 Å². The van der Waals surface area contributed by atoms with Gasteiger partial charge in [-0.25, -0.2) is 0 Å². The Morgan fingerprint density at radius 1 is 1.09 bits per heavy atom. The van der Waals surface area contributed by atoms with Gasteiger partial charge in [-0.15, -0.1) is 0 Å². The van der Waals surface area contributed by atoms with Gasteiger partial charge in [0.05, 0.1) is 0 Å². The topological polar surface area (TPSA) is 0 Å². The van der Waals surface area contributed by atoms with Crippen LogP contribution in [-0.4, -0.2) is 0 Å². The Labute approximate surface area is 71.0 Å². The normalized spacial score (nSPS) is 12.8. The van der Waals surface area contributed by atoms with E-state index in [9.17, 15) is 0 Å². The zero-order valence-electron chi connectivity index (χ0n) is 8.44. The van der Waals surface area contributed by atoms with Crippen LogP contribution >= 0.6 is 0 Å². The summed E-state index contributed by atoms with van der Waals surface area (Å²) in [7, 11) is 0. The molecule has 0 N–H and O–H groups in total. The Morgan fingerprint density at radius 3 is 1.82 bits per heavy atom. The fourth-order valence-electron chi connectivity index (χ4n) is 0.626. The molecule has 0 aliphatic carbocycles. The van der Waals surface area contributed by atoms with Gasteiger partial charge in [-0.05, 0) is 18.8 Å². The average Bonchev–Trinajstić information content (AvgIpc) is 1.87. The highest BCUT2D eigenvalue weighted by atomic mass is 14.1. The van der Waals surface area contributed by atoms with E-state index >= 15 is 0 Å². The Balaban J connectivity index is 4.20. The van der Waals surface area contributed by atoms with Gasteiger partial charge in [-0.2, -0.15) is 0 Å². The lowest BCUT2D eigenvalue weighted by atomic mass is 9.98. The lowest BCUT2D eigenvalue weighted by molar-refractivity contribution is 0.750. The van der Waals surface area contributed by atoms with E-state index in [0.29, 0.717) is 11.8 Å². The fourth-order valence-corrected chi connectivity index (χ4v) is 0.626. The van der Waals surface area contributed by atoms with Crippen molar-refractivity contribution in [3.63, 3.8) is 0 Å². The van der Waals surface area contributed by atoms with Crippen molar-refractivity contribution in [1.29, 1.82) is 0 Å². The summed E-state index contributed by atoms with van der Waals surface area (Å²) in [5.74, 6) is 1.22. The van der Waals surface area contributed by atoms with Crippen LogP contribution in [0.5, 0.6) is 0 Å². The molecule has 64 valence electrons. The molecule has 0 rings (SSSR count). The molecule has 0 nitrogen and oxygen atoms in total. The summed E-state index contributed by atoms with van der Waals surface area (Å²) in [6, 6.07) is 0. The molecule has 0 heteroatoms. The van der Waals surface area contributed by atoms with Gasteiger partial charge in [-0.1, -0.05) is 51.5 Å². The van der Waals surface area contributed by atoms with E-state index in [1.54, 1.807) is 0 Å². The summed E-state index contributed by atoms with van der Waals surface area (Å²) in [5.41, 5.74) is 2.65. The smallest absolute Gasteiger partial charge is 0.0225 e. The molecule has 0 spiro atoms. The molecule has 0 aromatic rings. The van der Waals surface area contributed by atoms with Crippen LogP contribution in [0.25, 0.3) is 0 Å². The monoisotopic (exact) mass is 152 g/mol. The highest BCUT2D eigenvalue weighted by Gasteiger charge is 1.99. The lowest BCUT2D eigenvalue weighted by Crippen LogP contribution is -1.93. The SMILES string of the molecule is C=C(/C=C(\C)C(C)C)C(C)C. The Kier molecular flexibility index (Phi) is 4.17. The molecular formula is C11H20. The minimum atomic E-state index is 0.573. The van der Waals surface area contributed by atoms with Gasteiger partial charge in [0.25, 0.3) is 0 Å². The van der Waals surface area contributed by atoms with Crippen LogP contribution in [0.3, 0.4) is 0 Å². The minimum Gasteiger partial charge on any atom is -0.0956 e. The third-order valence-corrected chi connectivity index (χ3v) is 2.07. The second-order valence-corrected chi connectivity index (χ2v) is 3.77. The highest BCUT2D eigenvalue weighted by Crippen LogP contribution is 2.15. The summed E-state index contributed by atoms with van der Waals surface area (Å²) in [6.07, 6.45) is 2.20. The van der Waals surface area contributed by atoms with Gasteiger partial charge in [0.15, 0.2) is 0 Å². The number of hydrogen-bond donors (Lipinski definition) is 0. The molecule has 0 bridgehead atoms. The molecule has 11 heavy (non-hydrogen) atoms. The van der Waals surface area contributed by atoms with Crippen molar-refractivity contribution < 1.29 is 0 Å². The van der Waals surface area contributed by atoms with Gasteiger partial charge < -0.3 is 0 Å². The second-order valence-electron chi connectivity index (χ2n) is 3.77. The molecule has 0 heterocycles. The van der Waals surface area contributed by atoms with Crippen LogP contribution in [0.2, 0.25) is 0 Å². The van der Waals surface area contributed by atoms with E-state index in [2.05, 4.69) is 47.3 Å². The average molecular weight is 152 g/mol. The summed E-state index contributed by atoms with van der Waals surface area (Å²) in [4.78, 5) is 0. The third kappa shape index (κ3) is 4.02. The molecule has 0 saturated carbocycles. The first-order valence-corrected chi connectivity index (χ1v) is 4.32. The van der Waals surface area contributed by atoms with Gasteiger partial charge in [0.2, 0.25) is 0 Å². The summed E-state index contributed by atoms with van der Waals surface area (Å²) in [6.45, 7) is 14.9. The zero-order valence-corrected chi connectivity index (χ0v) is 8.44. The highest BCUT2D eigenvalue weighted by molar-refractivity contribution is 5.21. The minimum absolute atomic E-state index is 0.573. The standard InChI is InChI=1S/C11H20/c1-8(2)10(5)7-11(6)9(3)4/h7-9H,5H2,1-4,6H3/b11-7+. The molecule has 0 aliphatic heterocycles. The predicted molar refractivity (Wildman–Crippen MR) is 52.6 cm³/mol. The van der Waals surface area contributed by atoms with E-state index in [-0.39, 0.29) is 0 Å². The molecule has 0 fully saturated rings. The maximum atomic E-state index is 4.00. The van der Waals surface area contributed by atoms with Crippen LogP contribution in [0, 0.1) is 11.8 Å². The van der Waals surface area contributed by atoms with E-state index in [1.165, 1.54) is 11.1 Å². The van der Waals surface area contributed by atoms with Crippen molar-refractivity contribution in [2.24, 2.45) is 11.8 Å². The van der Waals surface area contributed by atoms with E-state index < -0.39 is 0 Å². The quantitative estimate of drug-likeness (QED) is 0.539. The van der Waals surface area contributed by atoms with Crippen molar-refractivity contribution in [2.75, 3.05) is 0 Å². The van der Waals surface area contributed by atoms with Gasteiger partial charge in [0, 0.05) is 0 Å². The summed E-state index contributed by atoms with van der Waals surface area (Å²) < 4.78 is 0. The first-order valence-electron chi connectivity index (χ1n) is 4.32. The summed E-state index contributed by atoms with van der Waals surface area (Å²) >= 11 is 0. The van der Waals surface area contributed by atoms with Crippen LogP contribution in [0.4, 0.5) is 0 Å². The van der Waals surface area contributed by atoms with Crippen LogP contribution < -0.4 is 0 Å². The maximum absolute atomic E-state index is 4.00. The predicted octanol–water partition coefficient (Wildman–Crippen LogP) is 3.80. The molecule has 0 radical (unpaired) electrons. The number of rotatable bonds is 3. The molecule has 0 atom stereocenters. The number of allylic oxidation sites excluding steroid dienone is 3. The molecule has 0 aromatic heterocycles. The number of hydrogen-bond acceptors (Lipinski definition) is 0. The zero-order chi connectivity index (χ0) is 9.02. The van der Waals surface area contributed by atoms with Crippen molar-refractivity contribution in [3.8, 4) is 0 Å². The van der Waals surface area contributed by atoms with Crippen LogP contribution in [0.1, 0.15) is 34.6 Å². The third-order valence-electron chi connectivity index (χ3n) is 2.07. The Hall–Kier alpha value is -0.520. The first kappa shape index (κ1) is 10.5. The van der Waals surface area contributed by atoms with Gasteiger partial charge >= 0.3 is 0 Å². The molecular weight excluding hydrogens is 132 g/mol. The van der Waals surface area contributed by atoms with Crippen molar-refractivity contribution in [1.82, 2.24) is 0 Å². The fraction of sp³-hybridized carbons (Fsp3) is 0.636. The van der Waals surface area contributed by atoms with Crippen molar-refractivity contribution >= 4 is 0 Å². The van der Waals surface area contributed by atoms with E-state index in [4.69, 9.17) is 0 Å². The van der Waals surface area contributed by atoms with Gasteiger partial charge in [-0.3, -0.25) is 0 Å². The second kappa shape index (κ2) is 4.38. The molecule has 0 aliphatic rings. The lowest BCUT2D eigenvalue weighted by Gasteiger charge is -2.08. The Morgan fingerprint density at radius 2 is 1.55 bits per heavy atom. The molecule has 0 unspecified atom stereocenters. The molecule has 0 amide bonds. The van der Waals surface area contributed by atoms with E-state index in [0.717, 1.165) is 0 Å². The van der Waals surface area contributed by atoms with Crippen LogP contribution in [-0.2, 0) is 0 Å². The largest absolute Gasteiger partial charge is 0.0956 e. The molecule has 0 saturated heterocycles. The Bertz CT molecular complexity index is 159. The summed E-state index contributed by atoms with van der Waals surface area (Å²) in [5, 5.41) is 0. The van der Waals surface area contributed by atoms with E-state index in [1.807, 2.05) is 0 Å². The van der Waals surface area contributed by atoms with Crippen LogP contribution in [0.15, 0.2) is 23.8 Å². The van der Waals surface area contributed by atoms with Crippen molar-refractivity contribution in [3.05, 3.63) is 23.8 Å². The van der Waals surface area contributed by atoms with Gasteiger partial charge in [0.1, 0.15) is 0 Å². The first-order chi connectivity index (χ1) is 4.95. The maximum Gasteiger partial charge on any atom is -0.0225 e.